The van der Waals surface area contributed by atoms with Crippen LogP contribution in [-0.4, -0.2) is 64.8 Å². The molecule has 3 aromatic rings. The number of rotatable bonds is 7. The maximum atomic E-state index is 4.56. The number of aromatic nitrogens is 7. The van der Waals surface area contributed by atoms with Crippen molar-refractivity contribution in [2.45, 2.75) is 57.7 Å². The molecular weight excluding hydrogens is 378 g/mol. The summed E-state index contributed by atoms with van der Waals surface area (Å²) in [4.78, 5) is 27.0. The van der Waals surface area contributed by atoms with E-state index in [4.69, 9.17) is 0 Å². The summed E-state index contributed by atoms with van der Waals surface area (Å²) in [5.74, 6) is 1.41. The number of anilines is 1. The predicted molar refractivity (Wildman–Crippen MR) is 112 cm³/mol. The summed E-state index contributed by atoms with van der Waals surface area (Å²) in [6.07, 6.45) is 16.7. The number of hydrogen-bond acceptors (Lipinski definition) is 8. The van der Waals surface area contributed by atoms with Crippen LogP contribution in [0.4, 0.5) is 5.95 Å². The van der Waals surface area contributed by atoms with E-state index < -0.39 is 0 Å². The van der Waals surface area contributed by atoms with Crippen LogP contribution in [0.15, 0.2) is 37.4 Å². The van der Waals surface area contributed by atoms with Gasteiger partial charge in [-0.05, 0) is 37.7 Å². The fourth-order valence-corrected chi connectivity index (χ4v) is 4.12. The molecule has 0 amide bonds. The molecule has 5 rings (SSSR count). The molecule has 0 unspecified atom stereocenters. The minimum absolute atomic E-state index is 0.552. The van der Waals surface area contributed by atoms with E-state index >= 15 is 0 Å². The third-order valence-corrected chi connectivity index (χ3v) is 6.01. The van der Waals surface area contributed by atoms with Gasteiger partial charge in [0, 0.05) is 62.1 Å². The summed E-state index contributed by atoms with van der Waals surface area (Å²) in [5.41, 5.74) is 2.33. The second kappa shape index (κ2) is 8.43. The molecular formula is C21H27N9. The maximum Gasteiger partial charge on any atom is 0.251 e. The quantitative estimate of drug-likeness (QED) is 0.590. The van der Waals surface area contributed by atoms with E-state index in [1.165, 1.54) is 24.7 Å². The van der Waals surface area contributed by atoms with Crippen LogP contribution in [0.2, 0.25) is 0 Å². The molecule has 1 aliphatic carbocycles. The Hall–Kier alpha value is -2.94. The fourth-order valence-electron chi connectivity index (χ4n) is 4.12. The van der Waals surface area contributed by atoms with Crippen molar-refractivity contribution in [2.24, 2.45) is 0 Å². The number of nitrogens with zero attached hydrogens (tertiary/aromatic N) is 9. The Labute approximate surface area is 176 Å². The molecule has 9 nitrogen and oxygen atoms in total. The van der Waals surface area contributed by atoms with E-state index in [-0.39, 0.29) is 0 Å². The minimum Gasteiger partial charge on any atom is -0.341 e. The van der Waals surface area contributed by atoms with Gasteiger partial charge < -0.3 is 4.90 Å². The zero-order chi connectivity index (χ0) is 20.3. The van der Waals surface area contributed by atoms with Gasteiger partial charge in [-0.2, -0.15) is 9.78 Å². The van der Waals surface area contributed by atoms with Gasteiger partial charge in [0.2, 0.25) is 5.95 Å². The molecule has 1 saturated heterocycles. The molecule has 1 saturated carbocycles. The highest BCUT2D eigenvalue weighted by atomic mass is 15.4. The van der Waals surface area contributed by atoms with Crippen LogP contribution in [0.1, 0.15) is 43.7 Å². The highest BCUT2D eigenvalue weighted by Crippen LogP contribution is 2.33. The van der Waals surface area contributed by atoms with Gasteiger partial charge >= 0.3 is 0 Å². The van der Waals surface area contributed by atoms with E-state index in [0.717, 1.165) is 50.4 Å². The van der Waals surface area contributed by atoms with Crippen LogP contribution in [0, 0.1) is 0 Å². The number of aryl methyl sites for hydroxylation is 1. The molecule has 0 radical (unpaired) electrons. The number of piperidine rings is 1. The van der Waals surface area contributed by atoms with Crippen LogP contribution in [0.25, 0.3) is 5.95 Å². The molecule has 0 spiro atoms. The van der Waals surface area contributed by atoms with Crippen LogP contribution in [-0.2, 0) is 13.0 Å². The first kappa shape index (κ1) is 19.0. The highest BCUT2D eigenvalue weighted by Gasteiger charge is 2.35. The van der Waals surface area contributed by atoms with E-state index in [1.807, 2.05) is 24.8 Å². The van der Waals surface area contributed by atoms with Crippen LogP contribution >= 0.6 is 0 Å². The standard InChI is InChI=1S/C21H27N9/c1-2-16-9-23-20(24-10-16)28-7-5-19(6-8-28)29(18-3-4-18)13-17-11-25-21(26-12-17)30-15-22-14-27-30/h9-12,14-15,18-19H,2-8,13H2,1H3. The summed E-state index contributed by atoms with van der Waals surface area (Å²) < 4.78 is 1.58. The molecule has 1 aliphatic heterocycles. The Morgan fingerprint density at radius 1 is 0.867 bits per heavy atom. The Balaban J connectivity index is 1.21. The third kappa shape index (κ3) is 4.16. The second-order valence-corrected chi connectivity index (χ2v) is 8.10. The molecule has 9 heteroatoms. The van der Waals surface area contributed by atoms with Crippen LogP contribution in [0.3, 0.4) is 0 Å². The summed E-state index contributed by atoms with van der Waals surface area (Å²) in [5, 5.41) is 4.09. The van der Waals surface area contributed by atoms with Gasteiger partial charge in [0.15, 0.2) is 0 Å². The van der Waals surface area contributed by atoms with Crippen molar-refractivity contribution in [2.75, 3.05) is 18.0 Å². The summed E-state index contributed by atoms with van der Waals surface area (Å²) in [7, 11) is 0. The number of hydrogen-bond donors (Lipinski definition) is 0. The first-order valence-electron chi connectivity index (χ1n) is 10.8. The molecule has 0 N–H and O–H groups in total. The first-order valence-corrected chi connectivity index (χ1v) is 10.8. The Morgan fingerprint density at radius 3 is 2.10 bits per heavy atom. The van der Waals surface area contributed by atoms with Crippen molar-refractivity contribution in [3.05, 3.63) is 48.6 Å². The summed E-state index contributed by atoms with van der Waals surface area (Å²) in [6, 6.07) is 1.27. The Kier molecular flexibility index (Phi) is 5.35. The van der Waals surface area contributed by atoms with Gasteiger partial charge in [0.25, 0.3) is 5.95 Å². The molecule has 3 aromatic heterocycles. The molecule has 30 heavy (non-hydrogen) atoms. The smallest absolute Gasteiger partial charge is 0.251 e. The van der Waals surface area contributed by atoms with E-state index in [9.17, 15) is 0 Å². The van der Waals surface area contributed by atoms with E-state index in [2.05, 4.69) is 46.7 Å². The van der Waals surface area contributed by atoms with Crippen molar-refractivity contribution in [3.8, 4) is 5.95 Å². The zero-order valence-corrected chi connectivity index (χ0v) is 17.3. The SMILES string of the molecule is CCc1cnc(N2CCC(N(Cc3cnc(-n4cncn4)nc3)C3CC3)CC2)nc1. The lowest BCUT2D eigenvalue weighted by atomic mass is 10.0. The topological polar surface area (TPSA) is 88.8 Å². The van der Waals surface area contributed by atoms with Crippen LogP contribution in [0.5, 0.6) is 0 Å². The van der Waals surface area contributed by atoms with E-state index in [1.54, 1.807) is 11.0 Å². The van der Waals surface area contributed by atoms with Gasteiger partial charge in [0.1, 0.15) is 12.7 Å². The molecule has 0 bridgehead atoms. The lowest BCUT2D eigenvalue weighted by Crippen LogP contribution is -2.46. The van der Waals surface area contributed by atoms with Crippen molar-refractivity contribution >= 4 is 5.95 Å². The van der Waals surface area contributed by atoms with Gasteiger partial charge in [-0.25, -0.2) is 24.9 Å². The van der Waals surface area contributed by atoms with Gasteiger partial charge in [-0.3, -0.25) is 4.90 Å². The van der Waals surface area contributed by atoms with Gasteiger partial charge in [-0.15, -0.1) is 0 Å². The Morgan fingerprint density at radius 2 is 1.50 bits per heavy atom. The largest absolute Gasteiger partial charge is 0.341 e. The van der Waals surface area contributed by atoms with E-state index in [0.29, 0.717) is 18.0 Å². The second-order valence-electron chi connectivity index (χ2n) is 8.10. The average Bonchev–Trinajstić information content (AvgIpc) is 3.51. The normalized spacial score (nSPS) is 17.6. The zero-order valence-electron chi connectivity index (χ0n) is 17.3. The van der Waals surface area contributed by atoms with Crippen molar-refractivity contribution < 1.29 is 0 Å². The van der Waals surface area contributed by atoms with Gasteiger partial charge in [-0.1, -0.05) is 6.92 Å². The lowest BCUT2D eigenvalue weighted by Gasteiger charge is -2.38. The summed E-state index contributed by atoms with van der Waals surface area (Å²) in [6.45, 7) is 5.03. The third-order valence-electron chi connectivity index (χ3n) is 6.01. The highest BCUT2D eigenvalue weighted by molar-refractivity contribution is 5.30. The molecule has 2 fully saturated rings. The fraction of sp³-hybridized carbons (Fsp3) is 0.524. The molecule has 4 heterocycles. The first-order chi connectivity index (χ1) is 14.8. The van der Waals surface area contributed by atoms with Crippen molar-refractivity contribution in [3.63, 3.8) is 0 Å². The molecule has 156 valence electrons. The predicted octanol–water partition coefficient (Wildman–Crippen LogP) is 2.04. The molecule has 0 atom stereocenters. The molecule has 2 aliphatic rings. The van der Waals surface area contributed by atoms with Crippen molar-refractivity contribution in [1.29, 1.82) is 0 Å². The van der Waals surface area contributed by atoms with Crippen molar-refractivity contribution in [1.82, 2.24) is 39.6 Å². The minimum atomic E-state index is 0.552. The Bertz CT molecular complexity index is 928. The monoisotopic (exact) mass is 405 g/mol. The average molecular weight is 406 g/mol. The summed E-state index contributed by atoms with van der Waals surface area (Å²) >= 11 is 0. The van der Waals surface area contributed by atoms with Gasteiger partial charge in [0.05, 0.1) is 0 Å². The lowest BCUT2D eigenvalue weighted by molar-refractivity contribution is 0.150. The van der Waals surface area contributed by atoms with Crippen LogP contribution < -0.4 is 4.90 Å². The molecule has 0 aromatic carbocycles. The maximum absolute atomic E-state index is 4.56.